The van der Waals surface area contributed by atoms with Crippen molar-refractivity contribution in [2.75, 3.05) is 6.54 Å². The summed E-state index contributed by atoms with van der Waals surface area (Å²) in [6.07, 6.45) is 9.07. The van der Waals surface area contributed by atoms with Gasteiger partial charge in [-0.15, -0.1) is 5.10 Å². The lowest BCUT2D eigenvalue weighted by Gasteiger charge is -2.18. The molecule has 2 heterocycles. The zero-order valence-corrected chi connectivity index (χ0v) is 11.5. The summed E-state index contributed by atoms with van der Waals surface area (Å²) in [5.74, 6) is 0. The van der Waals surface area contributed by atoms with E-state index >= 15 is 0 Å². The molecule has 6 heteroatoms. The maximum absolute atomic E-state index is 4.40. The highest BCUT2D eigenvalue weighted by molar-refractivity contribution is 5.17. The number of nitrogens with zero attached hydrogens (tertiary/aromatic N) is 5. The maximum Gasteiger partial charge on any atom is 0.0954 e. The van der Waals surface area contributed by atoms with Crippen molar-refractivity contribution in [3.63, 3.8) is 0 Å². The molecule has 0 fully saturated rings. The molecule has 0 spiro atoms. The van der Waals surface area contributed by atoms with Gasteiger partial charge >= 0.3 is 0 Å². The fourth-order valence-corrected chi connectivity index (χ4v) is 1.98. The molecule has 0 saturated heterocycles. The van der Waals surface area contributed by atoms with Gasteiger partial charge in [0.2, 0.25) is 0 Å². The van der Waals surface area contributed by atoms with E-state index in [1.807, 2.05) is 4.68 Å². The Hall–Kier alpha value is -1.82. The molecule has 0 aliphatic carbocycles. The van der Waals surface area contributed by atoms with Crippen molar-refractivity contribution in [1.29, 1.82) is 0 Å². The number of hydrogen-bond acceptors (Lipinski definition) is 5. The minimum atomic E-state index is -0.00444. The number of hydrogen-bond donors (Lipinski definition) is 1. The number of rotatable bonds is 7. The molecule has 1 N–H and O–H groups in total. The van der Waals surface area contributed by atoms with Crippen LogP contribution in [0.1, 0.15) is 44.1 Å². The van der Waals surface area contributed by atoms with Gasteiger partial charge in [-0.3, -0.25) is 9.97 Å². The van der Waals surface area contributed by atoms with Crippen molar-refractivity contribution < 1.29 is 0 Å². The van der Waals surface area contributed by atoms with Gasteiger partial charge in [0, 0.05) is 18.9 Å². The second kappa shape index (κ2) is 6.94. The van der Waals surface area contributed by atoms with Crippen LogP contribution in [0.15, 0.2) is 24.8 Å². The minimum absolute atomic E-state index is 0.00444. The van der Waals surface area contributed by atoms with E-state index in [-0.39, 0.29) is 6.04 Å². The van der Waals surface area contributed by atoms with Gasteiger partial charge in [-0.05, 0) is 19.4 Å². The molecule has 19 heavy (non-hydrogen) atoms. The topological polar surface area (TPSA) is 68.5 Å². The van der Waals surface area contributed by atoms with Crippen molar-refractivity contribution >= 4 is 0 Å². The predicted octanol–water partition coefficient (Wildman–Crippen LogP) is 1.57. The molecule has 102 valence electrons. The smallest absolute Gasteiger partial charge is 0.0954 e. The largest absolute Gasteiger partial charge is 0.304 e. The van der Waals surface area contributed by atoms with Crippen LogP contribution in [0.4, 0.5) is 0 Å². The zero-order chi connectivity index (χ0) is 13.5. The molecule has 2 aromatic heterocycles. The van der Waals surface area contributed by atoms with Gasteiger partial charge in [0.25, 0.3) is 0 Å². The third-order valence-corrected chi connectivity index (χ3v) is 2.86. The molecular formula is C13H20N6. The highest BCUT2D eigenvalue weighted by Gasteiger charge is 2.19. The molecule has 0 aliphatic rings. The van der Waals surface area contributed by atoms with E-state index in [4.69, 9.17) is 0 Å². The Bertz CT molecular complexity index is 481. The standard InChI is InChI=1S/C13H20N6/c1-3-5-16-13(11-9-14-6-7-15-11)12-10-17-18-19(12)8-4-2/h6-7,9-10,13,16H,3-5,8H2,1-2H3. The first-order valence-electron chi connectivity index (χ1n) is 6.74. The van der Waals surface area contributed by atoms with Crippen molar-refractivity contribution in [2.45, 2.75) is 39.3 Å². The molecule has 1 atom stereocenters. The second-order valence-electron chi connectivity index (χ2n) is 4.40. The van der Waals surface area contributed by atoms with E-state index < -0.39 is 0 Å². The molecular weight excluding hydrogens is 240 g/mol. The summed E-state index contributed by atoms with van der Waals surface area (Å²) in [6, 6.07) is -0.00444. The Morgan fingerprint density at radius 3 is 2.79 bits per heavy atom. The third kappa shape index (κ3) is 3.35. The molecule has 2 aromatic rings. The van der Waals surface area contributed by atoms with Crippen LogP contribution in [-0.2, 0) is 6.54 Å². The van der Waals surface area contributed by atoms with Crippen LogP contribution in [-0.4, -0.2) is 31.5 Å². The molecule has 0 bridgehead atoms. The average Bonchev–Trinajstić information content (AvgIpc) is 2.89. The first-order valence-corrected chi connectivity index (χ1v) is 6.74. The van der Waals surface area contributed by atoms with Crippen LogP contribution in [0.25, 0.3) is 0 Å². The number of nitrogens with one attached hydrogen (secondary N) is 1. The van der Waals surface area contributed by atoms with E-state index in [2.05, 4.69) is 39.4 Å². The predicted molar refractivity (Wildman–Crippen MR) is 72.5 cm³/mol. The van der Waals surface area contributed by atoms with Crippen LogP contribution >= 0.6 is 0 Å². The Morgan fingerprint density at radius 1 is 1.21 bits per heavy atom. The molecule has 0 radical (unpaired) electrons. The number of aryl methyl sites for hydroxylation is 1. The molecule has 0 saturated carbocycles. The second-order valence-corrected chi connectivity index (χ2v) is 4.40. The first kappa shape index (κ1) is 13.6. The minimum Gasteiger partial charge on any atom is -0.304 e. The van der Waals surface area contributed by atoms with E-state index in [0.29, 0.717) is 0 Å². The zero-order valence-electron chi connectivity index (χ0n) is 11.5. The molecule has 2 rings (SSSR count). The summed E-state index contributed by atoms with van der Waals surface area (Å²) in [7, 11) is 0. The summed E-state index contributed by atoms with van der Waals surface area (Å²) in [5.41, 5.74) is 1.94. The highest BCUT2D eigenvalue weighted by atomic mass is 15.4. The van der Waals surface area contributed by atoms with E-state index in [9.17, 15) is 0 Å². The molecule has 6 nitrogen and oxygen atoms in total. The van der Waals surface area contributed by atoms with Gasteiger partial charge in [0.05, 0.1) is 29.8 Å². The van der Waals surface area contributed by atoms with Crippen molar-refractivity contribution in [1.82, 2.24) is 30.3 Å². The van der Waals surface area contributed by atoms with Crippen LogP contribution in [0.3, 0.4) is 0 Å². The van der Waals surface area contributed by atoms with Crippen LogP contribution in [0.5, 0.6) is 0 Å². The number of aromatic nitrogens is 5. The SMILES string of the molecule is CCCNC(c1cnccn1)c1cnnn1CCC. The van der Waals surface area contributed by atoms with Crippen LogP contribution < -0.4 is 5.32 Å². The Labute approximate surface area is 113 Å². The summed E-state index contributed by atoms with van der Waals surface area (Å²) in [5, 5.41) is 11.6. The van der Waals surface area contributed by atoms with Crippen molar-refractivity contribution in [3.05, 3.63) is 36.2 Å². The molecule has 0 amide bonds. The lowest BCUT2D eigenvalue weighted by molar-refractivity contribution is 0.498. The van der Waals surface area contributed by atoms with Gasteiger partial charge < -0.3 is 5.32 Å². The van der Waals surface area contributed by atoms with Crippen LogP contribution in [0.2, 0.25) is 0 Å². The highest BCUT2D eigenvalue weighted by Crippen LogP contribution is 2.18. The fourth-order valence-electron chi connectivity index (χ4n) is 1.98. The Balaban J connectivity index is 2.29. The van der Waals surface area contributed by atoms with Crippen LogP contribution in [0, 0.1) is 0 Å². The van der Waals surface area contributed by atoms with Gasteiger partial charge in [0.15, 0.2) is 0 Å². The first-order chi connectivity index (χ1) is 9.36. The fraction of sp³-hybridized carbons (Fsp3) is 0.538. The monoisotopic (exact) mass is 260 g/mol. The van der Waals surface area contributed by atoms with E-state index in [1.165, 1.54) is 0 Å². The summed E-state index contributed by atoms with van der Waals surface area (Å²) >= 11 is 0. The maximum atomic E-state index is 4.40. The molecule has 0 aliphatic heterocycles. The lowest BCUT2D eigenvalue weighted by Crippen LogP contribution is -2.26. The van der Waals surface area contributed by atoms with Gasteiger partial charge in [0.1, 0.15) is 0 Å². The van der Waals surface area contributed by atoms with E-state index in [0.717, 1.165) is 37.3 Å². The van der Waals surface area contributed by atoms with Gasteiger partial charge in [-0.2, -0.15) is 0 Å². The van der Waals surface area contributed by atoms with E-state index in [1.54, 1.807) is 24.8 Å². The third-order valence-electron chi connectivity index (χ3n) is 2.86. The summed E-state index contributed by atoms with van der Waals surface area (Å²) in [6.45, 7) is 6.04. The molecule has 1 unspecified atom stereocenters. The van der Waals surface area contributed by atoms with Gasteiger partial charge in [-0.1, -0.05) is 19.1 Å². The summed E-state index contributed by atoms with van der Waals surface area (Å²) in [4.78, 5) is 8.54. The van der Waals surface area contributed by atoms with Crippen molar-refractivity contribution in [3.8, 4) is 0 Å². The lowest BCUT2D eigenvalue weighted by atomic mass is 10.1. The average molecular weight is 260 g/mol. The Morgan fingerprint density at radius 2 is 2.11 bits per heavy atom. The Kier molecular flexibility index (Phi) is 4.97. The molecule has 0 aromatic carbocycles. The normalized spacial score (nSPS) is 12.5. The van der Waals surface area contributed by atoms with Gasteiger partial charge in [-0.25, -0.2) is 4.68 Å². The quantitative estimate of drug-likeness (QED) is 0.818. The van der Waals surface area contributed by atoms with Crippen molar-refractivity contribution in [2.24, 2.45) is 0 Å². The summed E-state index contributed by atoms with van der Waals surface area (Å²) < 4.78 is 1.93.